The van der Waals surface area contributed by atoms with Crippen molar-refractivity contribution in [3.05, 3.63) is 84.1 Å². The summed E-state index contributed by atoms with van der Waals surface area (Å²) in [5, 5.41) is 17.6. The average molecular weight is 526 g/mol. The molecule has 0 aliphatic rings. The van der Waals surface area contributed by atoms with E-state index in [2.05, 4.69) is 10.4 Å². The molecular weight excluding hydrogens is 505 g/mol. The summed E-state index contributed by atoms with van der Waals surface area (Å²) >= 11 is 0. The van der Waals surface area contributed by atoms with E-state index < -0.39 is 53.8 Å². The summed E-state index contributed by atoms with van der Waals surface area (Å²) in [4.78, 5) is 0.892. The third kappa shape index (κ3) is 5.19. The fraction of sp³-hybridized carbons (Fsp3) is 0.240. The number of nitrogens with zero attached hydrogens (tertiary/aromatic N) is 3. The molecule has 5 nitrogen and oxygen atoms in total. The maximum atomic E-state index is 14.3. The molecular formula is C25H21F7N4O. The molecule has 0 aliphatic carbocycles. The third-order valence-corrected chi connectivity index (χ3v) is 5.93. The Hall–Kier alpha value is -3.80. The number of aliphatic hydroxyl groups is 1. The number of likely N-dealkylation sites (N-methyl/N-ethyl adjacent to an activating group) is 1. The highest BCUT2D eigenvalue weighted by atomic mass is 19.4. The molecule has 0 fully saturated rings. The molecule has 1 aromatic heterocycles. The Balaban J connectivity index is 1.64. The zero-order valence-electron chi connectivity index (χ0n) is 19.3. The Labute approximate surface area is 206 Å². The largest absolute Gasteiger partial charge is 0.420 e. The second kappa shape index (κ2) is 9.92. The van der Waals surface area contributed by atoms with Gasteiger partial charge < -0.3 is 15.3 Å². The Morgan fingerprint density at radius 2 is 1.65 bits per heavy atom. The standard InChI is InChI=1S/C25H21F7N4O/c1-2-35(23-11-16(27)6-8-18(23)28)14-24(37,25(30,31)32)13-33-20-4-3-5-21-17(20)12-34-36(21)22-9-7-15(26)10-19(22)29/h3-12,33,37H,2,13-14H2,1H3. The van der Waals surface area contributed by atoms with E-state index in [0.717, 1.165) is 33.8 Å². The van der Waals surface area contributed by atoms with Crippen molar-refractivity contribution in [2.75, 3.05) is 29.9 Å². The van der Waals surface area contributed by atoms with E-state index in [-0.39, 0.29) is 17.9 Å². The number of hydrogen-bond acceptors (Lipinski definition) is 4. The van der Waals surface area contributed by atoms with Crippen LogP contribution in [0.1, 0.15) is 6.92 Å². The lowest BCUT2D eigenvalue weighted by Crippen LogP contribution is -2.58. The van der Waals surface area contributed by atoms with Gasteiger partial charge in [-0.1, -0.05) is 6.07 Å². The normalized spacial score (nSPS) is 13.5. The van der Waals surface area contributed by atoms with E-state index in [1.54, 1.807) is 0 Å². The predicted octanol–water partition coefficient (Wildman–Crippen LogP) is 5.81. The van der Waals surface area contributed by atoms with Gasteiger partial charge in [0.15, 0.2) is 11.4 Å². The Morgan fingerprint density at radius 3 is 2.32 bits per heavy atom. The van der Waals surface area contributed by atoms with Gasteiger partial charge >= 0.3 is 6.18 Å². The summed E-state index contributed by atoms with van der Waals surface area (Å²) in [5.74, 6) is -3.46. The Kier molecular flexibility index (Phi) is 7.05. The molecule has 1 unspecified atom stereocenters. The molecule has 0 spiro atoms. The molecule has 2 N–H and O–H groups in total. The van der Waals surface area contributed by atoms with Crippen LogP contribution in [-0.2, 0) is 0 Å². The van der Waals surface area contributed by atoms with Gasteiger partial charge in [0.05, 0.1) is 30.5 Å². The lowest BCUT2D eigenvalue weighted by Gasteiger charge is -2.36. The first-order valence-electron chi connectivity index (χ1n) is 11.1. The van der Waals surface area contributed by atoms with Crippen LogP contribution in [0.15, 0.2) is 60.8 Å². The fourth-order valence-corrected chi connectivity index (χ4v) is 3.95. The van der Waals surface area contributed by atoms with E-state index >= 15 is 0 Å². The minimum atomic E-state index is -5.15. The Morgan fingerprint density at radius 1 is 0.946 bits per heavy atom. The van der Waals surface area contributed by atoms with Gasteiger partial charge in [-0.2, -0.15) is 18.3 Å². The molecule has 1 atom stereocenters. The minimum absolute atomic E-state index is 0.0731. The maximum absolute atomic E-state index is 14.3. The van der Waals surface area contributed by atoms with Crippen LogP contribution in [0, 0.1) is 23.3 Å². The van der Waals surface area contributed by atoms with E-state index in [4.69, 9.17) is 0 Å². The molecule has 0 saturated carbocycles. The van der Waals surface area contributed by atoms with E-state index in [1.165, 1.54) is 37.4 Å². The molecule has 196 valence electrons. The van der Waals surface area contributed by atoms with Gasteiger partial charge in [0.1, 0.15) is 23.1 Å². The van der Waals surface area contributed by atoms with Crippen LogP contribution in [0.2, 0.25) is 0 Å². The van der Waals surface area contributed by atoms with Crippen LogP contribution in [-0.4, -0.2) is 46.3 Å². The van der Waals surface area contributed by atoms with Crippen molar-refractivity contribution in [3.63, 3.8) is 0 Å². The smallest absolute Gasteiger partial charge is 0.381 e. The SMILES string of the molecule is CCN(CC(O)(CNc1cccc2c1cnn2-c1ccc(F)cc1F)C(F)(F)F)c1cc(F)ccc1F. The van der Waals surface area contributed by atoms with E-state index in [0.29, 0.717) is 17.0 Å². The van der Waals surface area contributed by atoms with Gasteiger partial charge in [0.25, 0.3) is 0 Å². The van der Waals surface area contributed by atoms with E-state index in [9.17, 15) is 35.8 Å². The summed E-state index contributed by atoms with van der Waals surface area (Å²) in [6.45, 7) is -0.835. The first kappa shape index (κ1) is 26.3. The number of hydrogen-bond donors (Lipinski definition) is 2. The summed E-state index contributed by atoms with van der Waals surface area (Å²) in [6, 6.07) is 9.74. The molecule has 1 heterocycles. The highest BCUT2D eigenvalue weighted by Gasteiger charge is 2.54. The molecule has 37 heavy (non-hydrogen) atoms. The summed E-state index contributed by atoms with van der Waals surface area (Å²) in [5.41, 5.74) is -3.41. The minimum Gasteiger partial charge on any atom is -0.381 e. The van der Waals surface area contributed by atoms with Crippen LogP contribution >= 0.6 is 0 Å². The fourth-order valence-electron chi connectivity index (χ4n) is 3.95. The molecule has 0 aliphatic heterocycles. The number of alkyl halides is 3. The van der Waals surface area contributed by atoms with Crippen LogP contribution in [0.25, 0.3) is 16.6 Å². The number of anilines is 2. The maximum Gasteiger partial charge on any atom is 0.420 e. The highest BCUT2D eigenvalue weighted by molar-refractivity contribution is 5.92. The number of halogens is 7. The van der Waals surface area contributed by atoms with Crippen LogP contribution in [0.5, 0.6) is 0 Å². The molecule has 0 amide bonds. The third-order valence-electron chi connectivity index (χ3n) is 5.93. The molecule has 4 rings (SSSR count). The number of fused-ring (bicyclic) bond motifs is 1. The molecule has 12 heteroatoms. The summed E-state index contributed by atoms with van der Waals surface area (Å²) in [7, 11) is 0. The highest BCUT2D eigenvalue weighted by Crippen LogP contribution is 2.35. The first-order valence-corrected chi connectivity index (χ1v) is 11.1. The van der Waals surface area contributed by atoms with Crippen molar-refractivity contribution < 1.29 is 35.8 Å². The average Bonchev–Trinajstić information content (AvgIpc) is 3.27. The van der Waals surface area contributed by atoms with Crippen molar-refractivity contribution in [3.8, 4) is 5.69 Å². The molecule has 4 aromatic rings. The van der Waals surface area contributed by atoms with Crippen molar-refractivity contribution in [1.29, 1.82) is 0 Å². The van der Waals surface area contributed by atoms with Gasteiger partial charge in [-0.15, -0.1) is 0 Å². The molecule has 0 radical (unpaired) electrons. The van der Waals surface area contributed by atoms with E-state index in [1.807, 2.05) is 0 Å². The van der Waals surface area contributed by atoms with Gasteiger partial charge in [-0.3, -0.25) is 0 Å². The molecule has 3 aromatic carbocycles. The molecule has 0 bridgehead atoms. The lowest BCUT2D eigenvalue weighted by molar-refractivity contribution is -0.250. The zero-order valence-corrected chi connectivity index (χ0v) is 19.3. The van der Waals surface area contributed by atoms with Crippen LogP contribution < -0.4 is 10.2 Å². The predicted molar refractivity (Wildman–Crippen MR) is 125 cm³/mol. The topological polar surface area (TPSA) is 53.3 Å². The van der Waals surface area contributed by atoms with Crippen molar-refractivity contribution in [1.82, 2.24) is 9.78 Å². The Bertz CT molecular complexity index is 1420. The van der Waals surface area contributed by atoms with Crippen LogP contribution in [0.4, 0.5) is 42.1 Å². The van der Waals surface area contributed by atoms with Crippen LogP contribution in [0.3, 0.4) is 0 Å². The first-order chi connectivity index (χ1) is 17.4. The summed E-state index contributed by atoms with van der Waals surface area (Å²) < 4.78 is 98.8. The van der Waals surface area contributed by atoms with Gasteiger partial charge in [0.2, 0.25) is 0 Å². The monoisotopic (exact) mass is 526 g/mol. The number of aromatic nitrogens is 2. The van der Waals surface area contributed by atoms with Crippen molar-refractivity contribution in [2.24, 2.45) is 0 Å². The second-order valence-electron chi connectivity index (χ2n) is 8.38. The number of benzene rings is 3. The quantitative estimate of drug-likeness (QED) is 0.285. The van der Waals surface area contributed by atoms with Gasteiger partial charge in [-0.05, 0) is 43.3 Å². The van der Waals surface area contributed by atoms with Crippen molar-refractivity contribution >= 4 is 22.3 Å². The lowest BCUT2D eigenvalue weighted by atomic mass is 10.0. The van der Waals surface area contributed by atoms with Gasteiger partial charge in [-0.25, -0.2) is 22.2 Å². The second-order valence-corrected chi connectivity index (χ2v) is 8.38. The summed E-state index contributed by atoms with van der Waals surface area (Å²) in [6.07, 6.45) is -3.86. The van der Waals surface area contributed by atoms with Gasteiger partial charge in [0, 0.05) is 29.8 Å². The van der Waals surface area contributed by atoms with Crippen molar-refractivity contribution in [2.45, 2.75) is 18.7 Å². The molecule has 0 saturated heterocycles. The number of nitrogens with one attached hydrogen (secondary N) is 1. The zero-order chi connectivity index (χ0) is 27.0. The number of rotatable bonds is 8.